The van der Waals surface area contributed by atoms with Crippen LogP contribution in [0.1, 0.15) is 86.1 Å². The van der Waals surface area contributed by atoms with Crippen molar-refractivity contribution >= 4 is 35.8 Å². The Morgan fingerprint density at radius 2 is 1.55 bits per heavy atom. The van der Waals surface area contributed by atoms with Crippen LogP contribution in [0.15, 0.2) is 30.3 Å². The Labute approximate surface area is 277 Å². The van der Waals surface area contributed by atoms with Gasteiger partial charge in [-0.25, -0.2) is 9.59 Å². The van der Waals surface area contributed by atoms with Crippen LogP contribution in [0.25, 0.3) is 0 Å². The fourth-order valence-corrected chi connectivity index (χ4v) is 5.11. The SMILES string of the molecule is COC(=O)C(NC(=O)[C@H](CCC(=O)OC(C)(C)C)NC(=O)[C@H](CC(C)C)NC(=O)[C@@H]1CCCN1C(=O)OCc1ccccc1)C(C)C. The quantitative estimate of drug-likeness (QED) is 0.189. The highest BCUT2D eigenvalue weighted by Crippen LogP contribution is 2.20. The first-order valence-corrected chi connectivity index (χ1v) is 16.2. The van der Waals surface area contributed by atoms with Crippen LogP contribution in [-0.4, -0.2) is 84.1 Å². The lowest BCUT2D eigenvalue weighted by atomic mass is 10.0. The Hall–Kier alpha value is -4.16. The molecule has 0 aliphatic carbocycles. The monoisotopic (exact) mass is 660 g/mol. The van der Waals surface area contributed by atoms with Gasteiger partial charge < -0.3 is 30.2 Å². The highest BCUT2D eigenvalue weighted by atomic mass is 16.6. The molecule has 4 amide bonds. The van der Waals surface area contributed by atoms with E-state index in [-0.39, 0.29) is 37.7 Å². The molecule has 1 heterocycles. The fourth-order valence-electron chi connectivity index (χ4n) is 5.11. The molecule has 1 aromatic carbocycles. The Morgan fingerprint density at radius 1 is 0.915 bits per heavy atom. The molecule has 4 atom stereocenters. The van der Waals surface area contributed by atoms with E-state index in [2.05, 4.69) is 16.0 Å². The van der Waals surface area contributed by atoms with E-state index >= 15 is 0 Å². The van der Waals surface area contributed by atoms with Gasteiger partial charge in [-0.15, -0.1) is 0 Å². The summed E-state index contributed by atoms with van der Waals surface area (Å²) in [6.45, 7) is 12.8. The maximum Gasteiger partial charge on any atom is 0.410 e. The number of amides is 4. The van der Waals surface area contributed by atoms with Gasteiger partial charge >= 0.3 is 18.0 Å². The molecule has 47 heavy (non-hydrogen) atoms. The minimum Gasteiger partial charge on any atom is -0.467 e. The molecule has 13 nitrogen and oxygen atoms in total. The van der Waals surface area contributed by atoms with E-state index in [1.807, 2.05) is 44.2 Å². The summed E-state index contributed by atoms with van der Waals surface area (Å²) in [5.74, 6) is -3.42. The summed E-state index contributed by atoms with van der Waals surface area (Å²) in [5.41, 5.74) is 0.0618. The Balaban J connectivity index is 2.19. The molecule has 1 saturated heterocycles. The number of ether oxygens (including phenoxy) is 3. The summed E-state index contributed by atoms with van der Waals surface area (Å²) in [6, 6.07) is 5.08. The summed E-state index contributed by atoms with van der Waals surface area (Å²) in [7, 11) is 1.21. The van der Waals surface area contributed by atoms with E-state index in [4.69, 9.17) is 14.2 Å². The van der Waals surface area contributed by atoms with Gasteiger partial charge in [-0.3, -0.25) is 24.1 Å². The first-order valence-electron chi connectivity index (χ1n) is 16.2. The third-order valence-electron chi connectivity index (χ3n) is 7.44. The van der Waals surface area contributed by atoms with Crippen LogP contribution in [0.2, 0.25) is 0 Å². The van der Waals surface area contributed by atoms with Crippen LogP contribution in [0, 0.1) is 11.8 Å². The third-order valence-corrected chi connectivity index (χ3v) is 7.44. The average Bonchev–Trinajstić information content (AvgIpc) is 3.49. The molecule has 1 aliphatic rings. The zero-order valence-corrected chi connectivity index (χ0v) is 28.9. The zero-order valence-electron chi connectivity index (χ0n) is 28.9. The van der Waals surface area contributed by atoms with Crippen LogP contribution in [0.3, 0.4) is 0 Å². The molecule has 3 N–H and O–H groups in total. The van der Waals surface area contributed by atoms with Crippen LogP contribution in [0.4, 0.5) is 4.79 Å². The molecule has 1 unspecified atom stereocenters. The highest BCUT2D eigenvalue weighted by Gasteiger charge is 2.38. The van der Waals surface area contributed by atoms with Crippen LogP contribution in [-0.2, 0) is 44.8 Å². The number of likely N-dealkylation sites (tertiary alicyclic amines) is 1. The summed E-state index contributed by atoms with van der Waals surface area (Å²) >= 11 is 0. The molecule has 1 aliphatic heterocycles. The molecule has 0 radical (unpaired) electrons. The van der Waals surface area contributed by atoms with Crippen molar-refractivity contribution in [2.24, 2.45) is 11.8 Å². The first-order chi connectivity index (χ1) is 22.0. The summed E-state index contributed by atoms with van der Waals surface area (Å²) in [4.78, 5) is 79.7. The van der Waals surface area contributed by atoms with E-state index in [1.54, 1.807) is 34.6 Å². The van der Waals surface area contributed by atoms with Crippen molar-refractivity contribution in [3.63, 3.8) is 0 Å². The van der Waals surface area contributed by atoms with Gasteiger partial charge in [0.05, 0.1) is 7.11 Å². The predicted octanol–water partition coefficient (Wildman–Crippen LogP) is 3.24. The Bertz CT molecular complexity index is 1230. The summed E-state index contributed by atoms with van der Waals surface area (Å²) < 4.78 is 15.6. The van der Waals surface area contributed by atoms with Crippen LogP contribution < -0.4 is 16.0 Å². The standard InChI is InChI=1S/C34H52N4O9/c1-21(2)19-25(36-31(42)26-15-12-18-38(26)33(44)46-20-23-13-10-9-11-14-23)30(41)35-24(16-17-27(39)47-34(5,6)7)29(40)37-28(22(3)4)32(43)45-8/h9-11,13-14,21-22,24-26,28H,12,15-20H2,1-8H3,(H,35,41)(H,36,42)(H,37,40)/t24-,25-,26-,28?/m0/s1. The molecule has 1 aromatic rings. The lowest BCUT2D eigenvalue weighted by Gasteiger charge is -2.28. The number of benzene rings is 1. The normalized spacial score (nSPS) is 16.6. The Kier molecular flexibility index (Phi) is 15.2. The van der Waals surface area contributed by atoms with Gasteiger partial charge in [0.1, 0.15) is 36.4 Å². The summed E-state index contributed by atoms with van der Waals surface area (Å²) in [5, 5.41) is 8.08. The number of methoxy groups -OCH3 is 1. The van der Waals surface area contributed by atoms with E-state index < -0.39 is 65.5 Å². The summed E-state index contributed by atoms with van der Waals surface area (Å²) in [6.07, 6.45) is 0.283. The molecule has 0 spiro atoms. The third kappa shape index (κ3) is 13.2. The number of nitrogens with one attached hydrogen (secondary N) is 3. The van der Waals surface area contributed by atoms with Crippen molar-refractivity contribution in [2.45, 2.75) is 117 Å². The average molecular weight is 661 g/mol. The second kappa shape index (κ2) is 18.2. The lowest BCUT2D eigenvalue weighted by Crippen LogP contribution is -2.58. The van der Waals surface area contributed by atoms with Gasteiger partial charge in [-0.05, 0) is 63.9 Å². The minimum absolute atomic E-state index is 0.0275. The van der Waals surface area contributed by atoms with Gasteiger partial charge in [-0.2, -0.15) is 0 Å². The van der Waals surface area contributed by atoms with Gasteiger partial charge in [0.2, 0.25) is 17.7 Å². The lowest BCUT2D eigenvalue weighted by molar-refractivity contribution is -0.155. The Morgan fingerprint density at radius 3 is 2.13 bits per heavy atom. The number of carbonyl (C=O) groups is 6. The maximum absolute atomic E-state index is 13.7. The second-order valence-corrected chi connectivity index (χ2v) is 13.5. The van der Waals surface area contributed by atoms with E-state index in [1.165, 1.54) is 12.0 Å². The molecule has 0 saturated carbocycles. The van der Waals surface area contributed by atoms with E-state index in [0.29, 0.717) is 19.4 Å². The molecule has 0 bridgehead atoms. The van der Waals surface area contributed by atoms with Gasteiger partial charge in [0.15, 0.2) is 0 Å². The van der Waals surface area contributed by atoms with Crippen LogP contribution >= 0.6 is 0 Å². The fraction of sp³-hybridized carbons (Fsp3) is 0.647. The number of hydrogen-bond donors (Lipinski definition) is 3. The smallest absolute Gasteiger partial charge is 0.410 e. The van der Waals surface area contributed by atoms with Crippen molar-refractivity contribution < 1.29 is 43.0 Å². The van der Waals surface area contributed by atoms with E-state index in [0.717, 1.165) is 5.56 Å². The molecule has 0 aromatic heterocycles. The van der Waals surface area contributed by atoms with Crippen molar-refractivity contribution in [1.29, 1.82) is 0 Å². The van der Waals surface area contributed by atoms with Crippen molar-refractivity contribution in [3.8, 4) is 0 Å². The van der Waals surface area contributed by atoms with Crippen molar-refractivity contribution in [1.82, 2.24) is 20.9 Å². The molecular weight excluding hydrogens is 608 g/mol. The second-order valence-electron chi connectivity index (χ2n) is 13.5. The van der Waals surface area contributed by atoms with Crippen molar-refractivity contribution in [2.75, 3.05) is 13.7 Å². The minimum atomic E-state index is -1.23. The topological polar surface area (TPSA) is 169 Å². The zero-order chi connectivity index (χ0) is 35.3. The molecule has 2 rings (SSSR count). The van der Waals surface area contributed by atoms with Gasteiger partial charge in [0.25, 0.3) is 0 Å². The van der Waals surface area contributed by atoms with E-state index in [9.17, 15) is 28.8 Å². The number of carbonyl (C=O) groups excluding carboxylic acids is 6. The van der Waals surface area contributed by atoms with Gasteiger partial charge in [-0.1, -0.05) is 58.0 Å². The number of rotatable bonds is 15. The van der Waals surface area contributed by atoms with Crippen molar-refractivity contribution in [3.05, 3.63) is 35.9 Å². The largest absolute Gasteiger partial charge is 0.467 e. The number of hydrogen-bond acceptors (Lipinski definition) is 9. The number of nitrogens with zero attached hydrogens (tertiary/aromatic N) is 1. The predicted molar refractivity (Wildman–Crippen MR) is 174 cm³/mol. The molecular formula is C34H52N4O9. The van der Waals surface area contributed by atoms with Gasteiger partial charge in [0, 0.05) is 13.0 Å². The highest BCUT2D eigenvalue weighted by molar-refractivity contribution is 5.95. The molecule has 1 fully saturated rings. The maximum atomic E-state index is 13.7. The number of esters is 2. The molecule has 13 heteroatoms. The first kappa shape index (κ1) is 39.0. The molecule has 262 valence electrons. The van der Waals surface area contributed by atoms with Crippen LogP contribution in [0.5, 0.6) is 0 Å².